The Morgan fingerprint density at radius 1 is 0.422 bits per heavy atom. The van der Waals surface area contributed by atoms with Crippen LogP contribution < -0.4 is 9.47 Å². The van der Waals surface area contributed by atoms with Crippen molar-refractivity contribution < 1.29 is 14.6 Å². The van der Waals surface area contributed by atoms with Crippen LogP contribution in [0.15, 0.2) is 170 Å². The van der Waals surface area contributed by atoms with E-state index in [0.29, 0.717) is 13.2 Å². The number of benzene rings is 6. The second-order valence-electron chi connectivity index (χ2n) is 15.6. The Morgan fingerprint density at radius 2 is 0.734 bits per heavy atom. The lowest BCUT2D eigenvalue weighted by Gasteiger charge is -2.19. The largest absolute Gasteiger partial charge is 0.492 e. The molecule has 0 fully saturated rings. The molecule has 0 atom stereocenters. The summed E-state index contributed by atoms with van der Waals surface area (Å²) < 4.78 is 13.2. The van der Waals surface area contributed by atoms with E-state index in [2.05, 4.69) is 218 Å². The van der Waals surface area contributed by atoms with Crippen LogP contribution in [-0.4, -0.2) is 78.4 Å². The molecule has 0 bridgehead atoms. The number of alkyl halides is 1. The molecule has 0 saturated carbocycles. The lowest BCUT2D eigenvalue weighted by Crippen LogP contribution is -2.27. The number of ether oxygens (including phenoxy) is 2. The predicted molar refractivity (Wildman–Crippen MR) is 281 cm³/mol. The van der Waals surface area contributed by atoms with E-state index < -0.39 is 0 Å². The SMILES string of the molecule is CCN(CC)CCOc1ccc(/C(=C(/CCCI)c2ccccc2)c2ccccc2)cc1.CCN(CC)CCOc1ccc(/C(=C(/CCCO)c2ccccc2)c2ccccc2)cc1. The van der Waals surface area contributed by atoms with Gasteiger partial charge in [-0.1, -0.05) is 196 Å². The summed E-state index contributed by atoms with van der Waals surface area (Å²) in [6.45, 7) is 16.4. The summed E-state index contributed by atoms with van der Waals surface area (Å²) >= 11 is 2.48. The quantitative estimate of drug-likeness (QED) is 0.0372. The van der Waals surface area contributed by atoms with Crippen molar-refractivity contribution in [3.05, 3.63) is 203 Å². The van der Waals surface area contributed by atoms with Gasteiger partial charge in [-0.3, -0.25) is 0 Å². The van der Waals surface area contributed by atoms with Gasteiger partial charge in [-0.25, -0.2) is 0 Å². The standard InChI is InChI=1S/C29H34INO.C29H35NO2/c1-3-31(4-2)22-23-32-27-19-17-26(18-20-27)29(25-14-9-6-10-15-25)28(16-11-21-30)24-12-7-5-8-13-24;1-3-30(4-2)21-23-32-27-19-17-26(18-20-27)29(25-14-9-6-10-15-25)28(16-11-22-31)24-12-7-5-8-13-24/h5-10,12-15,17-20H,3-4,11,16,21-23H2,1-2H3;5-10,12-15,17-20,31H,3-4,11,16,21-23H2,1-2H3/b2*29-28-. The normalized spacial score (nSPS) is 12.0. The molecule has 0 heterocycles. The maximum absolute atomic E-state index is 9.54. The third-order valence-electron chi connectivity index (χ3n) is 11.5. The molecule has 0 aromatic heterocycles. The topological polar surface area (TPSA) is 45.2 Å². The van der Waals surface area contributed by atoms with Crippen LogP contribution in [0.1, 0.15) is 86.8 Å². The first-order valence-electron chi connectivity index (χ1n) is 23.3. The Balaban J connectivity index is 0.000000241. The zero-order chi connectivity index (χ0) is 45.2. The number of hydrogen-bond donors (Lipinski definition) is 1. The number of hydrogen-bond acceptors (Lipinski definition) is 5. The van der Waals surface area contributed by atoms with Crippen LogP contribution in [0.2, 0.25) is 0 Å². The molecule has 6 aromatic rings. The molecule has 336 valence electrons. The van der Waals surface area contributed by atoms with Crippen LogP contribution in [0, 0.1) is 0 Å². The van der Waals surface area contributed by atoms with Gasteiger partial charge in [-0.15, -0.1) is 0 Å². The average Bonchev–Trinajstić information content (AvgIpc) is 3.36. The summed E-state index contributed by atoms with van der Waals surface area (Å²) in [5, 5.41) is 9.54. The molecule has 0 aliphatic rings. The molecule has 6 aromatic carbocycles. The Bertz CT molecular complexity index is 2060. The summed E-state index contributed by atoms with van der Waals surface area (Å²) in [6, 6.07) is 59.7. The molecule has 64 heavy (non-hydrogen) atoms. The molecule has 6 rings (SSSR count). The van der Waals surface area contributed by atoms with E-state index >= 15 is 0 Å². The third kappa shape index (κ3) is 15.6. The molecular formula is C58H69IN2O3. The maximum Gasteiger partial charge on any atom is 0.119 e. The monoisotopic (exact) mass is 968 g/mol. The van der Waals surface area contributed by atoms with Crippen LogP contribution in [-0.2, 0) is 0 Å². The van der Waals surface area contributed by atoms with Gasteiger partial charge in [0, 0.05) is 19.7 Å². The van der Waals surface area contributed by atoms with Crippen molar-refractivity contribution in [3.8, 4) is 11.5 Å². The highest BCUT2D eigenvalue weighted by molar-refractivity contribution is 14.1. The minimum absolute atomic E-state index is 0.178. The van der Waals surface area contributed by atoms with Gasteiger partial charge in [-0.05, 0) is 136 Å². The van der Waals surface area contributed by atoms with Crippen LogP contribution in [0.4, 0.5) is 0 Å². The van der Waals surface area contributed by atoms with E-state index in [1.165, 1.54) is 50.1 Å². The van der Waals surface area contributed by atoms with Crippen LogP contribution in [0.25, 0.3) is 22.3 Å². The molecule has 5 nitrogen and oxygen atoms in total. The Kier molecular flexibility index (Phi) is 22.5. The van der Waals surface area contributed by atoms with Crippen molar-refractivity contribution in [1.82, 2.24) is 9.80 Å². The molecule has 0 radical (unpaired) electrons. The Labute approximate surface area is 398 Å². The van der Waals surface area contributed by atoms with E-state index in [4.69, 9.17) is 9.47 Å². The predicted octanol–water partition coefficient (Wildman–Crippen LogP) is 13.7. The fraction of sp³-hybridized carbons (Fsp3) is 0.310. The number of rotatable bonds is 24. The number of aliphatic hydroxyl groups excluding tert-OH is 1. The number of likely N-dealkylation sites (N-methyl/N-ethyl adjacent to an activating group) is 2. The molecule has 0 amide bonds. The Morgan fingerprint density at radius 3 is 1.05 bits per heavy atom. The van der Waals surface area contributed by atoms with E-state index in [1.807, 2.05) is 12.1 Å². The van der Waals surface area contributed by atoms with E-state index in [0.717, 1.165) is 86.4 Å². The molecule has 0 aliphatic heterocycles. The summed E-state index contributed by atoms with van der Waals surface area (Å²) in [6.07, 6.45) is 3.76. The second-order valence-corrected chi connectivity index (χ2v) is 16.7. The first kappa shape index (κ1) is 50.0. The van der Waals surface area contributed by atoms with E-state index in [9.17, 15) is 5.11 Å². The lowest BCUT2D eigenvalue weighted by molar-refractivity contribution is 0.223. The van der Waals surface area contributed by atoms with E-state index in [1.54, 1.807) is 0 Å². The van der Waals surface area contributed by atoms with Crippen molar-refractivity contribution in [2.24, 2.45) is 0 Å². The second kappa shape index (κ2) is 28.7. The van der Waals surface area contributed by atoms with Crippen molar-refractivity contribution in [3.63, 3.8) is 0 Å². The fourth-order valence-corrected chi connectivity index (χ4v) is 8.33. The van der Waals surface area contributed by atoms with Gasteiger partial charge in [0.25, 0.3) is 0 Å². The number of nitrogens with zero attached hydrogens (tertiary/aromatic N) is 2. The van der Waals surface area contributed by atoms with E-state index in [-0.39, 0.29) is 6.61 Å². The molecule has 0 aliphatic carbocycles. The van der Waals surface area contributed by atoms with Gasteiger partial charge in [0.2, 0.25) is 0 Å². The number of halogens is 1. The lowest BCUT2D eigenvalue weighted by atomic mass is 9.87. The van der Waals surface area contributed by atoms with Crippen molar-refractivity contribution in [2.75, 3.05) is 63.5 Å². The van der Waals surface area contributed by atoms with Gasteiger partial charge < -0.3 is 24.4 Å². The third-order valence-corrected chi connectivity index (χ3v) is 12.3. The molecule has 1 N–H and O–H groups in total. The maximum atomic E-state index is 9.54. The number of aliphatic hydroxyl groups is 1. The summed E-state index contributed by atoms with van der Waals surface area (Å²) in [5.74, 6) is 1.83. The number of allylic oxidation sites excluding steroid dienone is 2. The first-order chi connectivity index (χ1) is 31.5. The summed E-state index contributed by atoms with van der Waals surface area (Å²) in [7, 11) is 0. The zero-order valence-electron chi connectivity index (χ0n) is 38.6. The summed E-state index contributed by atoms with van der Waals surface area (Å²) in [4.78, 5) is 4.74. The minimum atomic E-state index is 0.178. The van der Waals surface area contributed by atoms with Gasteiger partial charge in [0.15, 0.2) is 0 Å². The average molecular weight is 969 g/mol. The highest BCUT2D eigenvalue weighted by Crippen LogP contribution is 2.37. The van der Waals surface area contributed by atoms with Crippen LogP contribution in [0.5, 0.6) is 11.5 Å². The smallest absolute Gasteiger partial charge is 0.119 e. The molecule has 0 saturated heterocycles. The molecule has 6 heteroatoms. The van der Waals surface area contributed by atoms with Crippen molar-refractivity contribution in [2.45, 2.75) is 53.4 Å². The molecule has 0 unspecified atom stereocenters. The molecule has 0 spiro atoms. The van der Waals surface area contributed by atoms with Crippen LogP contribution >= 0.6 is 22.6 Å². The zero-order valence-corrected chi connectivity index (χ0v) is 40.8. The molecular weight excluding hydrogens is 900 g/mol. The van der Waals surface area contributed by atoms with Crippen molar-refractivity contribution in [1.29, 1.82) is 0 Å². The van der Waals surface area contributed by atoms with Gasteiger partial charge in [0.05, 0.1) is 0 Å². The minimum Gasteiger partial charge on any atom is -0.492 e. The van der Waals surface area contributed by atoms with Gasteiger partial charge in [0.1, 0.15) is 24.7 Å². The fourth-order valence-electron chi connectivity index (χ4n) is 7.95. The van der Waals surface area contributed by atoms with Crippen LogP contribution in [0.3, 0.4) is 0 Å². The summed E-state index contributed by atoms with van der Waals surface area (Å²) in [5.41, 5.74) is 12.5. The highest BCUT2D eigenvalue weighted by Gasteiger charge is 2.16. The van der Waals surface area contributed by atoms with Crippen molar-refractivity contribution >= 4 is 44.9 Å². The Hall–Kier alpha value is -4.99. The van der Waals surface area contributed by atoms with Gasteiger partial charge in [-0.2, -0.15) is 0 Å². The first-order valence-corrected chi connectivity index (χ1v) is 24.8. The highest BCUT2D eigenvalue weighted by atomic mass is 127. The van der Waals surface area contributed by atoms with Gasteiger partial charge >= 0.3 is 0 Å².